The highest BCUT2D eigenvalue weighted by atomic mass is 16.4. The standard InChI is InChI=1S/C15H24N6O2/c1-8-11-9(18-20-14(16)17)6-5-7-10(11)23-12(8)13(22)19-21-15(2,3)4/h21H,5-7H2,1-4H3,(H,19,22)(H4,16,17,20)/b18-9+. The first-order valence-corrected chi connectivity index (χ1v) is 7.54. The van der Waals surface area contributed by atoms with E-state index in [9.17, 15) is 4.79 Å². The Morgan fingerprint density at radius 3 is 2.57 bits per heavy atom. The van der Waals surface area contributed by atoms with E-state index in [4.69, 9.17) is 15.9 Å². The molecule has 1 heterocycles. The number of nitrogens with two attached hydrogens (primary N) is 2. The lowest BCUT2D eigenvalue weighted by molar-refractivity contribution is 0.0883. The van der Waals surface area contributed by atoms with E-state index in [1.54, 1.807) is 0 Å². The van der Waals surface area contributed by atoms with Gasteiger partial charge in [0, 0.05) is 23.1 Å². The molecule has 1 aliphatic carbocycles. The Morgan fingerprint density at radius 2 is 1.96 bits per heavy atom. The number of guanidine groups is 1. The van der Waals surface area contributed by atoms with Gasteiger partial charge in [-0.15, -0.1) is 5.10 Å². The Morgan fingerprint density at radius 1 is 1.26 bits per heavy atom. The molecule has 23 heavy (non-hydrogen) atoms. The maximum Gasteiger partial charge on any atom is 0.301 e. The number of hydrogen-bond acceptors (Lipinski definition) is 5. The fraction of sp³-hybridized carbons (Fsp3) is 0.533. The van der Waals surface area contributed by atoms with Crippen LogP contribution in [0.15, 0.2) is 14.6 Å². The summed E-state index contributed by atoms with van der Waals surface area (Å²) in [7, 11) is 0. The molecule has 1 amide bonds. The van der Waals surface area contributed by atoms with E-state index < -0.39 is 0 Å². The van der Waals surface area contributed by atoms with Gasteiger partial charge in [-0.05, 0) is 40.5 Å². The molecule has 0 saturated heterocycles. The van der Waals surface area contributed by atoms with E-state index in [2.05, 4.69) is 21.1 Å². The molecule has 6 N–H and O–H groups in total. The van der Waals surface area contributed by atoms with Gasteiger partial charge in [0.15, 0.2) is 5.76 Å². The van der Waals surface area contributed by atoms with Crippen molar-refractivity contribution < 1.29 is 9.21 Å². The van der Waals surface area contributed by atoms with Gasteiger partial charge >= 0.3 is 5.91 Å². The van der Waals surface area contributed by atoms with Crippen LogP contribution in [-0.4, -0.2) is 23.1 Å². The van der Waals surface area contributed by atoms with Crippen LogP contribution in [0.5, 0.6) is 0 Å². The second kappa shape index (κ2) is 6.41. The summed E-state index contributed by atoms with van der Waals surface area (Å²) in [5.41, 5.74) is 18.3. The van der Waals surface area contributed by atoms with E-state index in [0.29, 0.717) is 0 Å². The number of hydrogen-bond donors (Lipinski definition) is 4. The molecule has 1 aliphatic rings. The van der Waals surface area contributed by atoms with Gasteiger partial charge in [0.05, 0.1) is 5.71 Å². The van der Waals surface area contributed by atoms with Crippen LogP contribution >= 0.6 is 0 Å². The van der Waals surface area contributed by atoms with Crippen LogP contribution in [0.2, 0.25) is 0 Å². The highest BCUT2D eigenvalue weighted by molar-refractivity contribution is 6.06. The number of rotatable bonds is 3. The largest absolute Gasteiger partial charge is 0.455 e. The molecule has 1 aromatic heterocycles. The van der Waals surface area contributed by atoms with Crippen LogP contribution < -0.4 is 22.3 Å². The van der Waals surface area contributed by atoms with E-state index in [1.165, 1.54) is 0 Å². The topological polar surface area (TPSA) is 131 Å². The third-order valence-corrected chi connectivity index (χ3v) is 3.37. The fourth-order valence-electron chi connectivity index (χ4n) is 2.40. The van der Waals surface area contributed by atoms with Crippen molar-refractivity contribution >= 4 is 17.6 Å². The summed E-state index contributed by atoms with van der Waals surface area (Å²) in [6, 6.07) is 0. The molecule has 8 heteroatoms. The second-order valence-electron chi connectivity index (χ2n) is 6.61. The lowest BCUT2D eigenvalue weighted by Gasteiger charge is -2.20. The molecular weight excluding hydrogens is 296 g/mol. The molecule has 0 aliphatic heterocycles. The van der Waals surface area contributed by atoms with Crippen LogP contribution in [0, 0.1) is 6.92 Å². The summed E-state index contributed by atoms with van der Waals surface area (Å²) >= 11 is 0. The molecule has 126 valence electrons. The van der Waals surface area contributed by atoms with Crippen LogP contribution in [0.3, 0.4) is 0 Å². The normalized spacial score (nSPS) is 16.1. The van der Waals surface area contributed by atoms with Crippen molar-refractivity contribution in [3.05, 3.63) is 22.6 Å². The SMILES string of the molecule is Cc1c(C(=O)NNC(C)(C)C)oc2c1/C(=N/N=C(N)N)CCC2. The number of nitrogens with one attached hydrogen (secondary N) is 2. The maximum atomic E-state index is 12.3. The molecule has 8 nitrogen and oxygen atoms in total. The Labute approximate surface area is 135 Å². The number of carbonyl (C=O) groups excluding carboxylic acids is 1. The van der Waals surface area contributed by atoms with Crippen LogP contribution in [0.25, 0.3) is 0 Å². The van der Waals surface area contributed by atoms with Crippen molar-refractivity contribution in [2.45, 2.75) is 52.5 Å². The number of furan rings is 1. The molecule has 0 spiro atoms. The predicted molar refractivity (Wildman–Crippen MR) is 89.1 cm³/mol. The van der Waals surface area contributed by atoms with Gasteiger partial charge in [-0.25, -0.2) is 5.43 Å². The van der Waals surface area contributed by atoms with E-state index in [-0.39, 0.29) is 23.2 Å². The van der Waals surface area contributed by atoms with Crippen molar-refractivity contribution in [1.82, 2.24) is 10.9 Å². The average molecular weight is 320 g/mol. The summed E-state index contributed by atoms with van der Waals surface area (Å²) in [6.07, 6.45) is 2.38. The van der Waals surface area contributed by atoms with Crippen LogP contribution in [-0.2, 0) is 6.42 Å². The third-order valence-electron chi connectivity index (χ3n) is 3.37. The summed E-state index contributed by atoms with van der Waals surface area (Å²) in [6.45, 7) is 7.69. The fourth-order valence-corrected chi connectivity index (χ4v) is 2.40. The minimum Gasteiger partial charge on any atom is -0.455 e. The van der Waals surface area contributed by atoms with Gasteiger partial charge in [0.25, 0.3) is 0 Å². The van der Waals surface area contributed by atoms with E-state index >= 15 is 0 Å². The Kier molecular flexibility index (Phi) is 4.74. The van der Waals surface area contributed by atoms with Crippen molar-refractivity contribution in [3.63, 3.8) is 0 Å². The lowest BCUT2D eigenvalue weighted by Crippen LogP contribution is -2.48. The molecule has 2 rings (SSSR count). The summed E-state index contributed by atoms with van der Waals surface area (Å²) in [5, 5.41) is 7.81. The first-order chi connectivity index (χ1) is 10.7. The van der Waals surface area contributed by atoms with Crippen LogP contribution in [0.1, 0.15) is 61.1 Å². The average Bonchev–Trinajstić information content (AvgIpc) is 2.80. The smallest absolute Gasteiger partial charge is 0.301 e. The van der Waals surface area contributed by atoms with Gasteiger partial charge in [-0.3, -0.25) is 10.2 Å². The van der Waals surface area contributed by atoms with E-state index in [0.717, 1.165) is 41.9 Å². The zero-order valence-electron chi connectivity index (χ0n) is 14.0. The molecule has 1 aromatic rings. The number of fused-ring (bicyclic) bond motifs is 1. The molecular formula is C15H24N6O2. The Balaban J connectivity index is 2.31. The highest BCUT2D eigenvalue weighted by Gasteiger charge is 2.28. The molecule has 0 saturated carbocycles. The quantitative estimate of drug-likeness (QED) is 0.374. The molecule has 0 bridgehead atoms. The van der Waals surface area contributed by atoms with Crippen molar-refractivity contribution in [1.29, 1.82) is 0 Å². The number of aryl methyl sites for hydroxylation is 1. The van der Waals surface area contributed by atoms with Gasteiger partial charge < -0.3 is 15.9 Å². The Bertz CT molecular complexity index is 662. The first kappa shape index (κ1) is 17.0. The summed E-state index contributed by atoms with van der Waals surface area (Å²) < 4.78 is 5.76. The number of hydrazine groups is 1. The van der Waals surface area contributed by atoms with Crippen molar-refractivity contribution in [3.8, 4) is 0 Å². The highest BCUT2D eigenvalue weighted by Crippen LogP contribution is 2.30. The van der Waals surface area contributed by atoms with E-state index in [1.807, 2.05) is 27.7 Å². The molecule has 0 unspecified atom stereocenters. The summed E-state index contributed by atoms with van der Waals surface area (Å²) in [5.74, 6) is 0.622. The first-order valence-electron chi connectivity index (χ1n) is 7.54. The molecule has 0 aromatic carbocycles. The maximum absolute atomic E-state index is 12.3. The number of carbonyl (C=O) groups is 1. The zero-order valence-corrected chi connectivity index (χ0v) is 14.0. The third kappa shape index (κ3) is 4.10. The second-order valence-corrected chi connectivity index (χ2v) is 6.61. The predicted octanol–water partition coefficient (Wildman–Crippen LogP) is 0.935. The lowest BCUT2D eigenvalue weighted by atomic mass is 9.93. The van der Waals surface area contributed by atoms with Gasteiger partial charge in [-0.1, -0.05) is 0 Å². The van der Waals surface area contributed by atoms with Crippen LogP contribution in [0.4, 0.5) is 0 Å². The van der Waals surface area contributed by atoms with Crippen molar-refractivity contribution in [2.24, 2.45) is 21.7 Å². The Hall–Kier alpha value is -2.35. The van der Waals surface area contributed by atoms with Gasteiger partial charge in [0.1, 0.15) is 5.76 Å². The molecule has 0 fully saturated rings. The zero-order chi connectivity index (χ0) is 17.2. The monoisotopic (exact) mass is 320 g/mol. The number of nitrogens with zero attached hydrogens (tertiary/aromatic N) is 2. The van der Waals surface area contributed by atoms with Gasteiger partial charge in [-0.2, -0.15) is 5.10 Å². The molecule has 0 radical (unpaired) electrons. The minimum absolute atomic E-state index is 0.0990. The summed E-state index contributed by atoms with van der Waals surface area (Å²) in [4.78, 5) is 12.3. The van der Waals surface area contributed by atoms with Gasteiger partial charge in [0.2, 0.25) is 5.96 Å². The number of amides is 1. The van der Waals surface area contributed by atoms with Crippen molar-refractivity contribution in [2.75, 3.05) is 0 Å². The minimum atomic E-state index is -0.312. The molecule has 0 atom stereocenters.